The lowest BCUT2D eigenvalue weighted by molar-refractivity contribution is 0.00109. The number of benzene rings is 1. The Balaban J connectivity index is 1.86. The van der Waals surface area contributed by atoms with Crippen LogP contribution in [0.3, 0.4) is 0 Å². The molecule has 0 saturated carbocycles. The molecule has 120 valence electrons. The van der Waals surface area contributed by atoms with Gasteiger partial charge in [-0.15, -0.1) is 12.3 Å². The van der Waals surface area contributed by atoms with Crippen molar-refractivity contribution in [2.24, 2.45) is 0 Å². The molecule has 22 heavy (non-hydrogen) atoms. The minimum atomic E-state index is -0.343. The molecule has 1 aromatic carbocycles. The monoisotopic (exact) mass is 306 g/mol. The lowest BCUT2D eigenvalue weighted by Gasteiger charge is -2.07. The van der Waals surface area contributed by atoms with Gasteiger partial charge in [-0.05, 0) is 12.1 Å². The molecule has 0 spiro atoms. The number of carbonyl (C=O) groups is 1. The molecule has 0 amide bonds. The first-order valence-corrected chi connectivity index (χ1v) is 7.23. The Bertz CT molecular complexity index is 438. The highest BCUT2D eigenvalue weighted by Gasteiger charge is 2.04. The van der Waals surface area contributed by atoms with Crippen LogP contribution in [-0.2, 0) is 18.9 Å². The number of hydrogen-bond acceptors (Lipinski definition) is 5. The van der Waals surface area contributed by atoms with Crippen LogP contribution in [0.4, 0.5) is 0 Å². The van der Waals surface area contributed by atoms with Crippen molar-refractivity contribution in [3.05, 3.63) is 35.9 Å². The van der Waals surface area contributed by atoms with Crippen LogP contribution in [0.25, 0.3) is 0 Å². The molecule has 0 aromatic heterocycles. The lowest BCUT2D eigenvalue weighted by atomic mass is 10.2. The Morgan fingerprint density at radius 1 is 0.864 bits per heavy atom. The van der Waals surface area contributed by atoms with E-state index in [1.807, 2.05) is 6.07 Å². The Morgan fingerprint density at radius 3 is 2.00 bits per heavy atom. The predicted octanol–water partition coefficient (Wildman–Crippen LogP) is 1.92. The molecular weight excluding hydrogens is 284 g/mol. The topological polar surface area (TPSA) is 54.0 Å². The fraction of sp³-hybridized carbons (Fsp3) is 0.471. The summed E-state index contributed by atoms with van der Waals surface area (Å²) >= 11 is 0. The minimum Gasteiger partial charge on any atom is -0.460 e. The van der Waals surface area contributed by atoms with Crippen LogP contribution in [0.1, 0.15) is 16.8 Å². The third kappa shape index (κ3) is 9.14. The molecule has 1 rings (SSSR count). The zero-order valence-electron chi connectivity index (χ0n) is 12.7. The molecule has 5 nitrogen and oxygen atoms in total. The van der Waals surface area contributed by atoms with Gasteiger partial charge in [0.05, 0.1) is 45.2 Å². The van der Waals surface area contributed by atoms with E-state index in [0.717, 1.165) is 0 Å². The second kappa shape index (κ2) is 12.8. The molecule has 5 heteroatoms. The third-order valence-corrected chi connectivity index (χ3v) is 2.61. The Hall–Kier alpha value is -1.87. The Labute approximate surface area is 131 Å². The van der Waals surface area contributed by atoms with Crippen molar-refractivity contribution in [3.8, 4) is 12.3 Å². The second-order valence-corrected chi connectivity index (χ2v) is 4.29. The van der Waals surface area contributed by atoms with Crippen LogP contribution in [0.5, 0.6) is 0 Å². The summed E-state index contributed by atoms with van der Waals surface area (Å²) in [6.45, 7) is 3.10. The third-order valence-electron chi connectivity index (χ3n) is 2.61. The van der Waals surface area contributed by atoms with E-state index in [1.165, 1.54) is 0 Å². The number of hydrogen-bond donors (Lipinski definition) is 0. The van der Waals surface area contributed by atoms with Gasteiger partial charge in [-0.3, -0.25) is 0 Å². The van der Waals surface area contributed by atoms with Gasteiger partial charge in [0.1, 0.15) is 6.61 Å². The van der Waals surface area contributed by atoms with Crippen molar-refractivity contribution in [3.63, 3.8) is 0 Å². The van der Waals surface area contributed by atoms with Crippen molar-refractivity contribution in [1.29, 1.82) is 0 Å². The molecule has 0 fully saturated rings. The average Bonchev–Trinajstić information content (AvgIpc) is 2.56. The molecule has 0 N–H and O–H groups in total. The summed E-state index contributed by atoms with van der Waals surface area (Å²) in [6.07, 6.45) is 5.71. The quantitative estimate of drug-likeness (QED) is 0.335. The van der Waals surface area contributed by atoms with Gasteiger partial charge in [0.25, 0.3) is 0 Å². The summed E-state index contributed by atoms with van der Waals surface area (Å²) in [5.74, 6) is 2.15. The maximum atomic E-state index is 11.6. The summed E-state index contributed by atoms with van der Waals surface area (Å²) in [7, 11) is 0. The molecule has 0 heterocycles. The first-order valence-electron chi connectivity index (χ1n) is 7.23. The van der Waals surface area contributed by atoms with E-state index >= 15 is 0 Å². The van der Waals surface area contributed by atoms with Crippen LogP contribution >= 0.6 is 0 Å². The van der Waals surface area contributed by atoms with Crippen LogP contribution < -0.4 is 0 Å². The van der Waals surface area contributed by atoms with Crippen molar-refractivity contribution < 1.29 is 23.7 Å². The normalized spacial score (nSPS) is 10.1. The molecule has 0 atom stereocenters. The summed E-state index contributed by atoms with van der Waals surface area (Å²) in [6, 6.07) is 8.85. The van der Waals surface area contributed by atoms with Gasteiger partial charge in [0.15, 0.2) is 0 Å². The Kier molecular flexibility index (Phi) is 10.6. The van der Waals surface area contributed by atoms with Crippen LogP contribution in [-0.4, -0.2) is 52.2 Å². The van der Waals surface area contributed by atoms with Gasteiger partial charge in [-0.25, -0.2) is 4.79 Å². The fourth-order valence-corrected chi connectivity index (χ4v) is 1.52. The molecular formula is C17H22O5. The van der Waals surface area contributed by atoms with Gasteiger partial charge in [0.2, 0.25) is 0 Å². The van der Waals surface area contributed by atoms with Crippen molar-refractivity contribution in [2.75, 3.05) is 46.2 Å². The maximum absolute atomic E-state index is 11.6. The first-order chi connectivity index (χ1) is 10.8. The van der Waals surface area contributed by atoms with Crippen molar-refractivity contribution in [2.45, 2.75) is 6.42 Å². The van der Waals surface area contributed by atoms with Gasteiger partial charge in [0, 0.05) is 6.42 Å². The molecule has 0 saturated heterocycles. The standard InChI is InChI=1S/C17H22O5/c1-2-3-9-19-10-11-20-12-13-21-14-15-22-17(18)16-7-5-4-6-8-16/h1,4-8H,3,9-15H2. The van der Waals surface area contributed by atoms with E-state index in [4.69, 9.17) is 25.4 Å². The number of rotatable bonds is 12. The molecule has 0 unspecified atom stereocenters. The molecule has 0 bridgehead atoms. The van der Waals surface area contributed by atoms with Gasteiger partial charge >= 0.3 is 5.97 Å². The van der Waals surface area contributed by atoms with Crippen molar-refractivity contribution >= 4 is 5.97 Å². The summed E-state index contributed by atoms with van der Waals surface area (Å²) in [5, 5.41) is 0. The highest BCUT2D eigenvalue weighted by atomic mass is 16.6. The molecule has 0 aliphatic carbocycles. The van der Waals surface area contributed by atoms with E-state index in [0.29, 0.717) is 51.6 Å². The van der Waals surface area contributed by atoms with Gasteiger partial charge < -0.3 is 18.9 Å². The second-order valence-electron chi connectivity index (χ2n) is 4.29. The minimum absolute atomic E-state index is 0.225. The van der Waals surface area contributed by atoms with Gasteiger partial charge in [-0.1, -0.05) is 18.2 Å². The maximum Gasteiger partial charge on any atom is 0.338 e. The zero-order chi connectivity index (χ0) is 15.9. The average molecular weight is 306 g/mol. The highest BCUT2D eigenvalue weighted by Crippen LogP contribution is 2.00. The van der Waals surface area contributed by atoms with Crippen LogP contribution in [0.15, 0.2) is 30.3 Å². The first kappa shape index (κ1) is 18.2. The number of esters is 1. The number of carbonyl (C=O) groups excluding carboxylic acids is 1. The predicted molar refractivity (Wildman–Crippen MR) is 82.6 cm³/mol. The summed E-state index contributed by atoms with van der Waals surface area (Å²) in [5.41, 5.74) is 0.538. The molecule has 0 aliphatic rings. The number of ether oxygens (including phenoxy) is 4. The van der Waals surface area contributed by atoms with Crippen molar-refractivity contribution in [1.82, 2.24) is 0 Å². The lowest BCUT2D eigenvalue weighted by Crippen LogP contribution is -2.14. The van der Waals surface area contributed by atoms with Gasteiger partial charge in [-0.2, -0.15) is 0 Å². The van der Waals surface area contributed by atoms with Crippen LogP contribution in [0, 0.1) is 12.3 Å². The van der Waals surface area contributed by atoms with E-state index in [1.54, 1.807) is 24.3 Å². The molecule has 0 radical (unpaired) electrons. The van der Waals surface area contributed by atoms with E-state index < -0.39 is 0 Å². The van der Waals surface area contributed by atoms with E-state index in [9.17, 15) is 4.79 Å². The molecule has 0 aliphatic heterocycles. The molecule has 1 aromatic rings. The summed E-state index contributed by atoms with van der Waals surface area (Å²) in [4.78, 5) is 11.6. The van der Waals surface area contributed by atoms with Crippen LogP contribution in [0.2, 0.25) is 0 Å². The number of terminal acetylenes is 1. The SMILES string of the molecule is C#CCCOCCOCCOCCOC(=O)c1ccccc1. The van der Waals surface area contributed by atoms with E-state index in [-0.39, 0.29) is 12.6 Å². The van der Waals surface area contributed by atoms with E-state index in [2.05, 4.69) is 5.92 Å². The Morgan fingerprint density at radius 2 is 1.41 bits per heavy atom. The largest absolute Gasteiger partial charge is 0.460 e. The smallest absolute Gasteiger partial charge is 0.338 e. The zero-order valence-corrected chi connectivity index (χ0v) is 12.7. The summed E-state index contributed by atoms with van der Waals surface area (Å²) < 4.78 is 20.9. The highest BCUT2D eigenvalue weighted by molar-refractivity contribution is 5.89. The fourth-order valence-electron chi connectivity index (χ4n) is 1.52.